The number of hydrogen-bond donors (Lipinski definition) is 2. The highest BCUT2D eigenvalue weighted by atomic mass is 35.5. The minimum absolute atomic E-state index is 0.00282. The van der Waals surface area contributed by atoms with Gasteiger partial charge in [-0.15, -0.1) is 0 Å². The van der Waals surface area contributed by atoms with Crippen LogP contribution in [0.5, 0.6) is 0 Å². The van der Waals surface area contributed by atoms with Crippen LogP contribution in [-0.2, 0) is 19.1 Å². The predicted octanol–water partition coefficient (Wildman–Crippen LogP) is 2.07. The van der Waals surface area contributed by atoms with Crippen LogP contribution in [0.15, 0.2) is 18.2 Å². The van der Waals surface area contributed by atoms with E-state index in [0.717, 1.165) is 17.0 Å². The largest absolute Gasteiger partial charge is 0.452 e. The number of ether oxygens (including phenoxy) is 1. The van der Waals surface area contributed by atoms with Crippen molar-refractivity contribution < 1.29 is 28.3 Å². The van der Waals surface area contributed by atoms with Crippen LogP contribution in [0.2, 0.25) is 5.02 Å². The summed E-state index contributed by atoms with van der Waals surface area (Å²) < 4.78 is 18.0. The lowest BCUT2D eigenvalue weighted by atomic mass is 10.1. The molecule has 1 aliphatic heterocycles. The fourth-order valence-corrected chi connectivity index (χ4v) is 2.57. The Morgan fingerprint density at radius 2 is 2.04 bits per heavy atom. The second kappa shape index (κ2) is 7.91. The highest BCUT2D eigenvalue weighted by Gasteiger charge is 2.44. The molecule has 0 aliphatic carbocycles. The van der Waals surface area contributed by atoms with E-state index in [0.29, 0.717) is 0 Å². The number of imide groups is 1. The molecule has 0 saturated carbocycles. The zero-order chi connectivity index (χ0) is 20.4. The van der Waals surface area contributed by atoms with E-state index in [-0.39, 0.29) is 23.7 Å². The summed E-state index contributed by atoms with van der Waals surface area (Å²) in [5.41, 5.74) is -0.852. The minimum atomic E-state index is -1.15. The molecule has 1 heterocycles. The van der Waals surface area contributed by atoms with Crippen LogP contribution in [0, 0.1) is 5.82 Å². The van der Waals surface area contributed by atoms with Gasteiger partial charge in [-0.3, -0.25) is 19.3 Å². The Morgan fingerprint density at radius 1 is 1.37 bits per heavy atom. The lowest BCUT2D eigenvalue weighted by Gasteiger charge is -2.17. The number of anilines is 1. The zero-order valence-electron chi connectivity index (χ0n) is 15.0. The Hall–Kier alpha value is -2.68. The lowest BCUT2D eigenvalue weighted by molar-refractivity contribution is -0.153. The molecule has 0 spiro atoms. The molecule has 1 aromatic carbocycles. The van der Waals surface area contributed by atoms with Crippen molar-refractivity contribution >= 4 is 41.1 Å². The van der Waals surface area contributed by atoms with Gasteiger partial charge in [0.25, 0.3) is 11.8 Å². The Morgan fingerprint density at radius 3 is 2.59 bits per heavy atom. The monoisotopic (exact) mass is 399 g/mol. The highest BCUT2D eigenvalue weighted by molar-refractivity contribution is 6.33. The first-order chi connectivity index (χ1) is 12.5. The van der Waals surface area contributed by atoms with Gasteiger partial charge in [-0.1, -0.05) is 11.6 Å². The van der Waals surface area contributed by atoms with Crippen LogP contribution in [-0.4, -0.2) is 46.9 Å². The average molecular weight is 400 g/mol. The molecule has 1 aromatic rings. The number of nitrogens with zero attached hydrogens (tertiary/aromatic N) is 1. The van der Waals surface area contributed by atoms with Crippen LogP contribution in [0.1, 0.15) is 27.2 Å². The van der Waals surface area contributed by atoms with E-state index in [1.165, 1.54) is 13.0 Å². The SMILES string of the molecule is C[C@H](OC(=O)CCN1C(=O)NC(C)(C)C1=O)C(=O)Nc1ccc(F)cc1Cl. The molecule has 8 nitrogen and oxygen atoms in total. The summed E-state index contributed by atoms with van der Waals surface area (Å²) in [6.07, 6.45) is -1.41. The first kappa shape index (κ1) is 20.6. The van der Waals surface area contributed by atoms with Gasteiger partial charge in [-0.05, 0) is 39.0 Å². The van der Waals surface area contributed by atoms with Gasteiger partial charge < -0.3 is 15.4 Å². The molecule has 1 fully saturated rings. The molecule has 0 bridgehead atoms. The van der Waals surface area contributed by atoms with Crippen molar-refractivity contribution in [3.63, 3.8) is 0 Å². The van der Waals surface area contributed by atoms with Gasteiger partial charge in [0.05, 0.1) is 17.1 Å². The quantitative estimate of drug-likeness (QED) is 0.562. The summed E-state index contributed by atoms with van der Waals surface area (Å²) in [4.78, 5) is 48.7. The Kier molecular flexibility index (Phi) is 6.04. The van der Waals surface area contributed by atoms with Crippen LogP contribution in [0.4, 0.5) is 14.9 Å². The molecule has 0 unspecified atom stereocenters. The number of amides is 4. The summed E-state index contributed by atoms with van der Waals surface area (Å²) in [5, 5.41) is 4.92. The Labute approximate surface area is 160 Å². The zero-order valence-corrected chi connectivity index (χ0v) is 15.7. The van der Waals surface area contributed by atoms with Crippen molar-refractivity contribution in [2.45, 2.75) is 38.8 Å². The van der Waals surface area contributed by atoms with Crippen LogP contribution in [0.25, 0.3) is 0 Å². The number of rotatable bonds is 6. The summed E-state index contributed by atoms with van der Waals surface area (Å²) >= 11 is 5.82. The number of esters is 1. The van der Waals surface area contributed by atoms with Gasteiger partial charge in [-0.25, -0.2) is 9.18 Å². The summed E-state index contributed by atoms with van der Waals surface area (Å²) in [6, 6.07) is 2.85. The van der Waals surface area contributed by atoms with Crippen molar-refractivity contribution in [2.24, 2.45) is 0 Å². The molecule has 1 atom stereocenters. The summed E-state index contributed by atoms with van der Waals surface area (Å²) in [5.74, 6) is -2.42. The van der Waals surface area contributed by atoms with E-state index < -0.39 is 41.3 Å². The van der Waals surface area contributed by atoms with E-state index in [2.05, 4.69) is 10.6 Å². The molecule has 2 N–H and O–H groups in total. The molecule has 0 radical (unpaired) electrons. The molecule has 1 saturated heterocycles. The maximum Gasteiger partial charge on any atom is 0.325 e. The smallest absolute Gasteiger partial charge is 0.325 e. The van der Waals surface area contributed by atoms with E-state index in [1.807, 2.05) is 0 Å². The number of hydrogen-bond acceptors (Lipinski definition) is 5. The summed E-state index contributed by atoms with van der Waals surface area (Å²) in [6.45, 7) is 4.30. The number of nitrogens with one attached hydrogen (secondary N) is 2. The van der Waals surface area contributed by atoms with Crippen LogP contribution >= 0.6 is 11.6 Å². The maximum atomic E-state index is 13.0. The fourth-order valence-electron chi connectivity index (χ4n) is 2.36. The third kappa shape index (κ3) is 4.94. The average Bonchev–Trinajstić information content (AvgIpc) is 2.75. The van der Waals surface area contributed by atoms with Crippen molar-refractivity contribution in [3.05, 3.63) is 29.0 Å². The first-order valence-corrected chi connectivity index (χ1v) is 8.48. The second-order valence-corrected chi connectivity index (χ2v) is 6.91. The molecular weight excluding hydrogens is 381 g/mol. The molecular formula is C17H19ClFN3O5. The fraction of sp³-hybridized carbons (Fsp3) is 0.412. The minimum Gasteiger partial charge on any atom is -0.452 e. The molecule has 0 aromatic heterocycles. The van der Waals surface area contributed by atoms with Crippen molar-refractivity contribution in [2.75, 3.05) is 11.9 Å². The van der Waals surface area contributed by atoms with Crippen molar-refractivity contribution in [1.82, 2.24) is 10.2 Å². The van der Waals surface area contributed by atoms with Gasteiger partial charge in [0.15, 0.2) is 6.10 Å². The van der Waals surface area contributed by atoms with E-state index in [4.69, 9.17) is 16.3 Å². The van der Waals surface area contributed by atoms with Gasteiger partial charge in [0.2, 0.25) is 0 Å². The first-order valence-electron chi connectivity index (χ1n) is 8.11. The van der Waals surface area contributed by atoms with Gasteiger partial charge in [-0.2, -0.15) is 0 Å². The van der Waals surface area contributed by atoms with Crippen LogP contribution < -0.4 is 10.6 Å². The number of carbonyl (C=O) groups excluding carboxylic acids is 4. The lowest BCUT2D eigenvalue weighted by Crippen LogP contribution is -2.40. The van der Waals surface area contributed by atoms with Crippen molar-refractivity contribution in [3.8, 4) is 0 Å². The number of carbonyl (C=O) groups is 4. The molecule has 146 valence electrons. The number of urea groups is 1. The third-order valence-corrected chi connectivity index (χ3v) is 4.16. The molecule has 27 heavy (non-hydrogen) atoms. The topological polar surface area (TPSA) is 105 Å². The number of halogens is 2. The van der Waals surface area contributed by atoms with Crippen LogP contribution in [0.3, 0.4) is 0 Å². The van der Waals surface area contributed by atoms with E-state index >= 15 is 0 Å². The third-order valence-electron chi connectivity index (χ3n) is 3.85. The second-order valence-electron chi connectivity index (χ2n) is 6.51. The van der Waals surface area contributed by atoms with Crippen molar-refractivity contribution in [1.29, 1.82) is 0 Å². The molecule has 10 heteroatoms. The van der Waals surface area contributed by atoms with Gasteiger partial charge >= 0.3 is 12.0 Å². The van der Waals surface area contributed by atoms with E-state index in [9.17, 15) is 23.6 Å². The molecule has 2 rings (SSSR count). The normalized spacial score (nSPS) is 16.7. The van der Waals surface area contributed by atoms with Gasteiger partial charge in [0.1, 0.15) is 11.4 Å². The maximum absolute atomic E-state index is 13.0. The molecule has 4 amide bonds. The molecule has 1 aliphatic rings. The Balaban J connectivity index is 1.85. The van der Waals surface area contributed by atoms with Gasteiger partial charge in [0, 0.05) is 6.54 Å². The summed E-state index contributed by atoms with van der Waals surface area (Å²) in [7, 11) is 0. The highest BCUT2D eigenvalue weighted by Crippen LogP contribution is 2.22. The standard InChI is InChI=1S/C17H19ClFN3O5/c1-9(14(24)20-12-5-4-10(19)8-11(12)18)27-13(23)6-7-22-15(25)17(2,3)21-16(22)26/h4-5,8-9H,6-7H2,1-3H3,(H,20,24)(H,21,26)/t9-/m0/s1. The Bertz CT molecular complexity index is 799. The van der Waals surface area contributed by atoms with E-state index in [1.54, 1.807) is 13.8 Å². The number of benzene rings is 1. The predicted molar refractivity (Wildman–Crippen MR) is 94.5 cm³/mol.